The molecule has 0 aliphatic rings. The van der Waals surface area contributed by atoms with Gasteiger partial charge in [-0.2, -0.15) is 0 Å². The molecule has 18 heavy (non-hydrogen) atoms. The number of halogens is 1. The van der Waals surface area contributed by atoms with Crippen LogP contribution in [-0.2, 0) is 17.1 Å². The zero-order valence-electron chi connectivity index (χ0n) is 9.75. The topological polar surface area (TPSA) is 90.9 Å². The fourth-order valence-electron chi connectivity index (χ4n) is 1.60. The Labute approximate surface area is 113 Å². The Hall–Kier alpha value is -1.25. The lowest BCUT2D eigenvalue weighted by molar-refractivity contribution is 0.580. The van der Waals surface area contributed by atoms with E-state index in [1.165, 1.54) is 4.57 Å². The van der Waals surface area contributed by atoms with Crippen molar-refractivity contribution in [2.45, 2.75) is 12.1 Å². The molecule has 0 aliphatic heterocycles. The Morgan fingerprint density at radius 2 is 2.00 bits per heavy atom. The molecule has 2 aromatic rings. The van der Waals surface area contributed by atoms with Crippen molar-refractivity contribution in [2.24, 2.45) is 12.2 Å². The Bertz CT molecular complexity index is 709. The van der Waals surface area contributed by atoms with Gasteiger partial charge >= 0.3 is 0 Å². The first kappa shape index (κ1) is 13.2. The minimum atomic E-state index is -3.87. The number of nitrogens with two attached hydrogens (primary N) is 1. The molecule has 0 atom stereocenters. The Morgan fingerprint density at radius 3 is 2.50 bits per heavy atom. The predicted molar refractivity (Wildman–Crippen MR) is 70.2 cm³/mol. The van der Waals surface area contributed by atoms with Crippen molar-refractivity contribution in [3.05, 3.63) is 28.2 Å². The minimum Gasteiger partial charge on any atom is -0.300 e. The number of aromatic nitrogens is 3. The highest BCUT2D eigenvalue weighted by Gasteiger charge is 2.20. The summed E-state index contributed by atoms with van der Waals surface area (Å²) in [7, 11) is -2.31. The lowest BCUT2D eigenvalue weighted by Crippen LogP contribution is -2.17. The molecular formula is C10H11BrN4O2S. The van der Waals surface area contributed by atoms with Gasteiger partial charge in [-0.3, -0.25) is 4.57 Å². The molecule has 1 aromatic heterocycles. The van der Waals surface area contributed by atoms with E-state index in [4.69, 9.17) is 5.14 Å². The summed E-state index contributed by atoms with van der Waals surface area (Å²) in [5.41, 5.74) is 1.84. The van der Waals surface area contributed by atoms with E-state index in [9.17, 15) is 8.42 Å². The number of aryl methyl sites for hydroxylation is 1. The van der Waals surface area contributed by atoms with E-state index >= 15 is 0 Å². The molecule has 96 valence electrons. The Balaban J connectivity index is 2.63. The Kier molecular flexibility index (Phi) is 3.26. The minimum absolute atomic E-state index is 0.259. The van der Waals surface area contributed by atoms with Crippen LogP contribution in [0, 0.1) is 6.92 Å². The molecule has 0 unspecified atom stereocenters. The van der Waals surface area contributed by atoms with Gasteiger partial charge in [0.1, 0.15) is 0 Å². The number of benzene rings is 1. The molecule has 1 heterocycles. The fraction of sp³-hybridized carbons (Fsp3) is 0.200. The first-order valence-electron chi connectivity index (χ1n) is 4.99. The van der Waals surface area contributed by atoms with Crippen molar-refractivity contribution in [3.8, 4) is 11.4 Å². The van der Waals surface area contributed by atoms with E-state index in [2.05, 4.69) is 26.1 Å². The quantitative estimate of drug-likeness (QED) is 0.895. The summed E-state index contributed by atoms with van der Waals surface area (Å²) in [6, 6.07) is 5.67. The van der Waals surface area contributed by atoms with Gasteiger partial charge in [-0.1, -0.05) is 22.0 Å². The van der Waals surface area contributed by atoms with E-state index in [0.717, 1.165) is 15.6 Å². The van der Waals surface area contributed by atoms with E-state index in [0.29, 0.717) is 5.82 Å². The number of hydrogen-bond acceptors (Lipinski definition) is 4. The van der Waals surface area contributed by atoms with Gasteiger partial charge in [-0.15, -0.1) is 10.2 Å². The zero-order valence-corrected chi connectivity index (χ0v) is 12.2. The first-order valence-corrected chi connectivity index (χ1v) is 7.33. The predicted octanol–water partition coefficient (Wildman–Crippen LogP) is 1.20. The molecule has 0 spiro atoms. The molecule has 2 rings (SSSR count). The average molecular weight is 331 g/mol. The first-order chi connectivity index (χ1) is 8.30. The van der Waals surface area contributed by atoms with Crippen LogP contribution in [0.5, 0.6) is 0 Å². The van der Waals surface area contributed by atoms with Crippen LogP contribution in [0.4, 0.5) is 0 Å². The third kappa shape index (κ3) is 2.31. The maximum atomic E-state index is 11.3. The second-order valence-electron chi connectivity index (χ2n) is 3.89. The molecule has 0 bridgehead atoms. The maximum absolute atomic E-state index is 11.3. The largest absolute Gasteiger partial charge is 0.300 e. The van der Waals surface area contributed by atoms with Gasteiger partial charge in [0, 0.05) is 17.1 Å². The summed E-state index contributed by atoms with van der Waals surface area (Å²) in [4.78, 5) is 0. The SMILES string of the molecule is Cc1ccc(-c2nnc(S(N)(=O)=O)n2C)c(Br)c1. The van der Waals surface area contributed by atoms with Crippen molar-refractivity contribution in [1.82, 2.24) is 14.8 Å². The number of hydrogen-bond donors (Lipinski definition) is 1. The third-order valence-electron chi connectivity index (χ3n) is 2.45. The summed E-state index contributed by atoms with van der Waals surface area (Å²) < 4.78 is 24.7. The number of primary sulfonamides is 1. The van der Waals surface area contributed by atoms with Crippen LogP contribution in [0.15, 0.2) is 27.8 Å². The van der Waals surface area contributed by atoms with Crippen molar-refractivity contribution < 1.29 is 8.42 Å². The summed E-state index contributed by atoms with van der Waals surface area (Å²) in [5, 5.41) is 12.3. The second kappa shape index (κ2) is 4.45. The molecule has 2 N–H and O–H groups in total. The van der Waals surface area contributed by atoms with Gasteiger partial charge in [0.05, 0.1) is 0 Å². The fourth-order valence-corrected chi connectivity index (χ4v) is 2.89. The highest BCUT2D eigenvalue weighted by molar-refractivity contribution is 9.10. The van der Waals surface area contributed by atoms with E-state index in [1.54, 1.807) is 7.05 Å². The van der Waals surface area contributed by atoms with Crippen LogP contribution in [0.3, 0.4) is 0 Å². The molecule has 8 heteroatoms. The molecule has 6 nitrogen and oxygen atoms in total. The summed E-state index contributed by atoms with van der Waals surface area (Å²) >= 11 is 3.42. The van der Waals surface area contributed by atoms with E-state index in [1.807, 2.05) is 25.1 Å². The molecule has 1 aromatic carbocycles. The van der Waals surface area contributed by atoms with Crippen LogP contribution < -0.4 is 5.14 Å². The summed E-state index contributed by atoms with van der Waals surface area (Å²) in [6.45, 7) is 1.96. The van der Waals surface area contributed by atoms with Gasteiger partial charge < -0.3 is 0 Å². The zero-order chi connectivity index (χ0) is 13.5. The van der Waals surface area contributed by atoms with Gasteiger partial charge in [-0.25, -0.2) is 13.6 Å². The highest BCUT2D eigenvalue weighted by Crippen LogP contribution is 2.28. The van der Waals surface area contributed by atoms with Gasteiger partial charge in [-0.05, 0) is 24.6 Å². The second-order valence-corrected chi connectivity index (χ2v) is 6.20. The Morgan fingerprint density at radius 1 is 1.33 bits per heavy atom. The standard InChI is InChI=1S/C10H11BrN4O2S/c1-6-3-4-7(8(11)5-6)9-13-14-10(15(9)2)18(12,16)17/h3-5H,1-2H3,(H2,12,16,17). The van der Waals surface area contributed by atoms with Crippen LogP contribution in [-0.4, -0.2) is 23.2 Å². The van der Waals surface area contributed by atoms with Crippen LogP contribution in [0.2, 0.25) is 0 Å². The highest BCUT2D eigenvalue weighted by atomic mass is 79.9. The van der Waals surface area contributed by atoms with Crippen LogP contribution >= 0.6 is 15.9 Å². The number of sulfonamides is 1. The van der Waals surface area contributed by atoms with Gasteiger partial charge in [0.25, 0.3) is 15.2 Å². The van der Waals surface area contributed by atoms with Crippen molar-refractivity contribution >= 4 is 26.0 Å². The van der Waals surface area contributed by atoms with Crippen molar-refractivity contribution in [2.75, 3.05) is 0 Å². The van der Waals surface area contributed by atoms with E-state index in [-0.39, 0.29) is 5.16 Å². The van der Waals surface area contributed by atoms with Crippen LogP contribution in [0.1, 0.15) is 5.56 Å². The lowest BCUT2D eigenvalue weighted by Gasteiger charge is -2.05. The van der Waals surface area contributed by atoms with Gasteiger partial charge in [0.15, 0.2) is 5.82 Å². The van der Waals surface area contributed by atoms with Gasteiger partial charge in [0.2, 0.25) is 0 Å². The summed E-state index contributed by atoms with van der Waals surface area (Å²) in [5.74, 6) is 0.436. The molecule has 0 radical (unpaired) electrons. The van der Waals surface area contributed by atoms with Crippen LogP contribution in [0.25, 0.3) is 11.4 Å². The lowest BCUT2D eigenvalue weighted by atomic mass is 10.1. The summed E-state index contributed by atoms with van der Waals surface area (Å²) in [6.07, 6.45) is 0. The average Bonchev–Trinajstić information content (AvgIpc) is 2.60. The molecule has 0 fully saturated rings. The molecule has 0 aliphatic carbocycles. The third-order valence-corrected chi connectivity index (χ3v) is 3.98. The van der Waals surface area contributed by atoms with Crippen molar-refractivity contribution in [1.29, 1.82) is 0 Å². The molecule has 0 saturated carbocycles. The molecule has 0 saturated heterocycles. The normalized spacial score (nSPS) is 11.8. The smallest absolute Gasteiger partial charge is 0.273 e. The maximum Gasteiger partial charge on any atom is 0.273 e. The van der Waals surface area contributed by atoms with E-state index < -0.39 is 10.0 Å². The monoisotopic (exact) mass is 330 g/mol. The van der Waals surface area contributed by atoms with Crippen molar-refractivity contribution in [3.63, 3.8) is 0 Å². The number of rotatable bonds is 2. The molecule has 0 amide bonds. The number of nitrogens with zero attached hydrogens (tertiary/aromatic N) is 3. The molecular weight excluding hydrogens is 320 g/mol.